The number of hydrogen-bond acceptors (Lipinski definition) is 4. The standard InChI is InChI=1S/C15H25NO4/c1-4-5-11-6-7-12(17)13(8-11)20-14(18)9-16-15(19)10(2)3/h11-13,17H,2,4-9H2,1,3H3,(H,16,19). The second-order valence-corrected chi connectivity index (χ2v) is 5.53. The summed E-state index contributed by atoms with van der Waals surface area (Å²) in [6, 6.07) is 0. The topological polar surface area (TPSA) is 75.6 Å². The second-order valence-electron chi connectivity index (χ2n) is 5.53. The summed E-state index contributed by atoms with van der Waals surface area (Å²) < 4.78 is 5.28. The van der Waals surface area contributed by atoms with Gasteiger partial charge in [-0.3, -0.25) is 9.59 Å². The van der Waals surface area contributed by atoms with Gasteiger partial charge in [0.1, 0.15) is 12.6 Å². The molecule has 0 aromatic carbocycles. The Balaban J connectivity index is 2.39. The Hall–Kier alpha value is -1.36. The van der Waals surface area contributed by atoms with Crippen LogP contribution in [0.2, 0.25) is 0 Å². The van der Waals surface area contributed by atoms with Crippen LogP contribution in [0.1, 0.15) is 46.0 Å². The molecule has 1 amide bonds. The Morgan fingerprint density at radius 1 is 1.40 bits per heavy atom. The van der Waals surface area contributed by atoms with Gasteiger partial charge in [0.25, 0.3) is 0 Å². The fraction of sp³-hybridized carbons (Fsp3) is 0.733. The molecule has 0 aromatic heterocycles. The maximum absolute atomic E-state index is 11.7. The van der Waals surface area contributed by atoms with Gasteiger partial charge >= 0.3 is 5.97 Å². The number of carbonyl (C=O) groups excluding carboxylic acids is 2. The maximum Gasteiger partial charge on any atom is 0.325 e. The van der Waals surface area contributed by atoms with Crippen LogP contribution in [0, 0.1) is 5.92 Å². The average molecular weight is 283 g/mol. The van der Waals surface area contributed by atoms with E-state index in [2.05, 4.69) is 18.8 Å². The van der Waals surface area contributed by atoms with Crippen LogP contribution in [0.4, 0.5) is 0 Å². The minimum atomic E-state index is -0.594. The molecule has 1 fully saturated rings. The van der Waals surface area contributed by atoms with E-state index in [-0.39, 0.29) is 12.5 Å². The van der Waals surface area contributed by atoms with E-state index in [9.17, 15) is 14.7 Å². The molecule has 0 aromatic rings. The van der Waals surface area contributed by atoms with Crippen molar-refractivity contribution in [1.82, 2.24) is 5.32 Å². The second kappa shape index (κ2) is 8.04. The maximum atomic E-state index is 11.7. The molecule has 0 aliphatic heterocycles. The third kappa shape index (κ3) is 5.33. The predicted octanol–water partition coefficient (Wildman–Crippen LogP) is 1.55. The van der Waals surface area contributed by atoms with Gasteiger partial charge in [0.2, 0.25) is 5.91 Å². The lowest BCUT2D eigenvalue weighted by molar-refractivity contribution is -0.158. The van der Waals surface area contributed by atoms with E-state index in [0.29, 0.717) is 24.3 Å². The predicted molar refractivity (Wildman–Crippen MR) is 76.0 cm³/mol. The van der Waals surface area contributed by atoms with Crippen molar-refractivity contribution in [3.8, 4) is 0 Å². The van der Waals surface area contributed by atoms with Crippen LogP contribution in [0.15, 0.2) is 12.2 Å². The van der Waals surface area contributed by atoms with Crippen molar-refractivity contribution in [3.63, 3.8) is 0 Å². The van der Waals surface area contributed by atoms with Crippen molar-refractivity contribution in [1.29, 1.82) is 0 Å². The first kappa shape index (κ1) is 16.7. The minimum absolute atomic E-state index is 0.187. The summed E-state index contributed by atoms with van der Waals surface area (Å²) in [6.07, 6.45) is 3.49. The summed E-state index contributed by atoms with van der Waals surface area (Å²) in [5.41, 5.74) is 0.346. The van der Waals surface area contributed by atoms with Crippen LogP contribution in [0.25, 0.3) is 0 Å². The summed E-state index contributed by atoms with van der Waals surface area (Å²) in [5, 5.41) is 12.3. The highest BCUT2D eigenvalue weighted by molar-refractivity contribution is 5.94. The van der Waals surface area contributed by atoms with Gasteiger partial charge in [-0.05, 0) is 32.1 Å². The average Bonchev–Trinajstić information content (AvgIpc) is 2.40. The molecule has 3 atom stereocenters. The van der Waals surface area contributed by atoms with Gasteiger partial charge in [-0.2, -0.15) is 0 Å². The minimum Gasteiger partial charge on any atom is -0.458 e. The molecule has 2 N–H and O–H groups in total. The van der Waals surface area contributed by atoms with Crippen molar-refractivity contribution in [2.45, 2.75) is 58.2 Å². The number of amides is 1. The van der Waals surface area contributed by atoms with Crippen LogP contribution in [0.3, 0.4) is 0 Å². The number of hydrogen-bond donors (Lipinski definition) is 2. The van der Waals surface area contributed by atoms with Crippen LogP contribution in [0.5, 0.6) is 0 Å². The molecule has 0 bridgehead atoms. The summed E-state index contributed by atoms with van der Waals surface area (Å²) in [5.74, 6) is -0.373. The largest absolute Gasteiger partial charge is 0.458 e. The molecule has 1 aliphatic rings. The van der Waals surface area contributed by atoms with E-state index in [1.807, 2.05) is 0 Å². The van der Waals surface area contributed by atoms with Gasteiger partial charge in [-0.1, -0.05) is 26.3 Å². The zero-order chi connectivity index (χ0) is 15.1. The number of ether oxygens (including phenoxy) is 1. The van der Waals surface area contributed by atoms with E-state index in [0.717, 1.165) is 19.3 Å². The molecular formula is C15H25NO4. The quantitative estimate of drug-likeness (QED) is 0.573. The Labute approximate surface area is 120 Å². The number of aliphatic hydroxyl groups excluding tert-OH is 1. The van der Waals surface area contributed by atoms with E-state index >= 15 is 0 Å². The van der Waals surface area contributed by atoms with Gasteiger partial charge in [-0.15, -0.1) is 0 Å². The van der Waals surface area contributed by atoms with E-state index < -0.39 is 18.2 Å². The fourth-order valence-electron chi connectivity index (χ4n) is 2.51. The first-order valence-electron chi connectivity index (χ1n) is 7.25. The zero-order valence-corrected chi connectivity index (χ0v) is 12.4. The third-order valence-electron chi connectivity index (χ3n) is 3.63. The molecule has 114 valence electrons. The number of carbonyl (C=O) groups is 2. The number of nitrogens with one attached hydrogen (secondary N) is 1. The Kier molecular flexibility index (Phi) is 6.71. The van der Waals surface area contributed by atoms with Gasteiger partial charge in [0.05, 0.1) is 6.10 Å². The molecule has 0 spiro atoms. The molecule has 20 heavy (non-hydrogen) atoms. The molecule has 1 rings (SSSR count). The Bertz CT molecular complexity index is 367. The first-order valence-corrected chi connectivity index (χ1v) is 7.25. The smallest absolute Gasteiger partial charge is 0.325 e. The highest BCUT2D eigenvalue weighted by Crippen LogP contribution is 2.29. The van der Waals surface area contributed by atoms with Crippen LogP contribution in [-0.4, -0.2) is 35.7 Å². The van der Waals surface area contributed by atoms with E-state index in [4.69, 9.17) is 4.74 Å². The lowest BCUT2D eigenvalue weighted by atomic mass is 9.83. The van der Waals surface area contributed by atoms with Gasteiger partial charge in [0, 0.05) is 5.57 Å². The summed E-state index contributed by atoms with van der Waals surface area (Å²) in [6.45, 7) is 6.99. The molecule has 0 saturated heterocycles. The number of aliphatic hydroxyl groups is 1. The first-order chi connectivity index (χ1) is 9.43. The number of esters is 1. The van der Waals surface area contributed by atoms with Crippen LogP contribution >= 0.6 is 0 Å². The van der Waals surface area contributed by atoms with Gasteiger partial charge < -0.3 is 15.2 Å². The fourth-order valence-corrected chi connectivity index (χ4v) is 2.51. The van der Waals surface area contributed by atoms with Crippen molar-refractivity contribution in [2.24, 2.45) is 5.92 Å². The lowest BCUT2D eigenvalue weighted by Crippen LogP contribution is -2.40. The van der Waals surface area contributed by atoms with Crippen molar-refractivity contribution < 1.29 is 19.4 Å². The van der Waals surface area contributed by atoms with Crippen LogP contribution in [-0.2, 0) is 14.3 Å². The molecule has 1 saturated carbocycles. The lowest BCUT2D eigenvalue weighted by Gasteiger charge is -2.32. The van der Waals surface area contributed by atoms with E-state index in [1.165, 1.54) is 0 Å². The molecule has 0 radical (unpaired) electrons. The monoisotopic (exact) mass is 283 g/mol. The van der Waals surface area contributed by atoms with Crippen LogP contribution < -0.4 is 5.32 Å². The molecule has 5 nitrogen and oxygen atoms in total. The summed E-state index contributed by atoms with van der Waals surface area (Å²) in [4.78, 5) is 22.9. The van der Waals surface area contributed by atoms with Crippen molar-refractivity contribution in [2.75, 3.05) is 6.54 Å². The Morgan fingerprint density at radius 2 is 2.10 bits per heavy atom. The molecular weight excluding hydrogens is 258 g/mol. The highest BCUT2D eigenvalue weighted by atomic mass is 16.6. The van der Waals surface area contributed by atoms with Crippen molar-refractivity contribution in [3.05, 3.63) is 12.2 Å². The summed E-state index contributed by atoms with van der Waals surface area (Å²) in [7, 11) is 0. The molecule has 3 unspecified atom stereocenters. The van der Waals surface area contributed by atoms with Gasteiger partial charge in [0.15, 0.2) is 0 Å². The Morgan fingerprint density at radius 3 is 2.70 bits per heavy atom. The molecule has 0 heterocycles. The van der Waals surface area contributed by atoms with E-state index in [1.54, 1.807) is 6.92 Å². The highest BCUT2D eigenvalue weighted by Gasteiger charge is 2.31. The number of rotatable bonds is 6. The summed E-state index contributed by atoms with van der Waals surface area (Å²) >= 11 is 0. The normalized spacial score (nSPS) is 25.9. The van der Waals surface area contributed by atoms with Gasteiger partial charge in [-0.25, -0.2) is 0 Å². The zero-order valence-electron chi connectivity index (χ0n) is 12.4. The SMILES string of the molecule is C=C(C)C(=O)NCC(=O)OC1CC(CCC)CCC1O. The van der Waals surface area contributed by atoms with Crippen molar-refractivity contribution >= 4 is 11.9 Å². The third-order valence-corrected chi connectivity index (χ3v) is 3.63. The molecule has 1 aliphatic carbocycles. The molecule has 5 heteroatoms.